The highest BCUT2D eigenvalue weighted by molar-refractivity contribution is 5.86. The van der Waals surface area contributed by atoms with Gasteiger partial charge in [-0.2, -0.15) is 0 Å². The molecule has 2 N–H and O–H groups in total. The van der Waals surface area contributed by atoms with E-state index < -0.39 is 0 Å². The standard InChI is InChI=1S/C14H17NO2/c1-17-12(16)13(6-7-13)10-2-4-11(5-3-10)14(15)8-9-14/h2-5H,6-9,15H2,1H3. The van der Waals surface area contributed by atoms with Gasteiger partial charge in [-0.25, -0.2) is 0 Å². The quantitative estimate of drug-likeness (QED) is 0.807. The Bertz CT molecular complexity index is 456. The first-order chi connectivity index (χ1) is 8.11. The lowest BCUT2D eigenvalue weighted by Gasteiger charge is -2.15. The predicted octanol–water partition coefficient (Wildman–Crippen LogP) is 1.84. The molecule has 1 aromatic rings. The van der Waals surface area contributed by atoms with Crippen molar-refractivity contribution in [1.82, 2.24) is 0 Å². The molecule has 0 atom stereocenters. The summed E-state index contributed by atoms with van der Waals surface area (Å²) in [5.41, 5.74) is 7.93. The van der Waals surface area contributed by atoms with Crippen molar-refractivity contribution in [3.05, 3.63) is 35.4 Å². The smallest absolute Gasteiger partial charge is 0.316 e. The summed E-state index contributed by atoms with van der Waals surface area (Å²) in [6.07, 6.45) is 3.92. The summed E-state index contributed by atoms with van der Waals surface area (Å²) in [6.45, 7) is 0. The van der Waals surface area contributed by atoms with E-state index in [2.05, 4.69) is 12.1 Å². The Hall–Kier alpha value is -1.35. The number of benzene rings is 1. The lowest BCUT2D eigenvalue weighted by Crippen LogP contribution is -2.23. The number of ether oxygens (including phenoxy) is 1. The van der Waals surface area contributed by atoms with E-state index in [0.717, 1.165) is 31.2 Å². The minimum Gasteiger partial charge on any atom is -0.468 e. The van der Waals surface area contributed by atoms with Crippen LogP contribution in [0.2, 0.25) is 0 Å². The summed E-state index contributed by atoms with van der Waals surface area (Å²) in [4.78, 5) is 11.7. The summed E-state index contributed by atoms with van der Waals surface area (Å²) in [6, 6.07) is 8.19. The highest BCUT2D eigenvalue weighted by Gasteiger charge is 2.52. The summed E-state index contributed by atoms with van der Waals surface area (Å²) in [5, 5.41) is 0. The second-order valence-electron chi connectivity index (χ2n) is 5.31. The van der Waals surface area contributed by atoms with E-state index in [-0.39, 0.29) is 16.9 Å². The number of carbonyl (C=O) groups excluding carboxylic acids is 1. The van der Waals surface area contributed by atoms with Crippen molar-refractivity contribution < 1.29 is 9.53 Å². The lowest BCUT2D eigenvalue weighted by atomic mass is 9.93. The number of rotatable bonds is 3. The molecule has 0 amide bonds. The second-order valence-corrected chi connectivity index (χ2v) is 5.31. The molecule has 0 bridgehead atoms. The van der Waals surface area contributed by atoms with Gasteiger partial charge in [0.2, 0.25) is 0 Å². The van der Waals surface area contributed by atoms with Gasteiger partial charge in [0, 0.05) is 5.54 Å². The van der Waals surface area contributed by atoms with Gasteiger partial charge in [0.1, 0.15) is 0 Å². The van der Waals surface area contributed by atoms with Gasteiger partial charge in [0.05, 0.1) is 12.5 Å². The lowest BCUT2D eigenvalue weighted by molar-refractivity contribution is -0.143. The van der Waals surface area contributed by atoms with E-state index in [4.69, 9.17) is 10.5 Å². The van der Waals surface area contributed by atoms with Gasteiger partial charge >= 0.3 is 5.97 Å². The molecule has 0 unspecified atom stereocenters. The maximum absolute atomic E-state index is 11.7. The van der Waals surface area contributed by atoms with Crippen molar-refractivity contribution in [3.8, 4) is 0 Å². The van der Waals surface area contributed by atoms with E-state index in [1.165, 1.54) is 12.7 Å². The van der Waals surface area contributed by atoms with Crippen LogP contribution in [0.3, 0.4) is 0 Å². The SMILES string of the molecule is COC(=O)C1(c2ccc(C3(N)CC3)cc2)CC1. The molecule has 0 radical (unpaired) electrons. The summed E-state index contributed by atoms with van der Waals surface area (Å²) in [5.74, 6) is -0.112. The van der Waals surface area contributed by atoms with Crippen LogP contribution in [0.15, 0.2) is 24.3 Å². The maximum Gasteiger partial charge on any atom is 0.316 e. The number of hydrogen-bond acceptors (Lipinski definition) is 3. The van der Waals surface area contributed by atoms with Crippen molar-refractivity contribution in [2.75, 3.05) is 7.11 Å². The van der Waals surface area contributed by atoms with E-state index in [0.29, 0.717) is 0 Å². The molecule has 0 aliphatic heterocycles. The summed E-state index contributed by atoms with van der Waals surface area (Å²) in [7, 11) is 1.45. The molecule has 3 heteroatoms. The minimum atomic E-state index is -0.363. The van der Waals surface area contributed by atoms with Crippen LogP contribution in [0.1, 0.15) is 36.8 Å². The molecule has 0 saturated heterocycles. The molecule has 1 aromatic carbocycles. The first kappa shape index (κ1) is 10.8. The number of carbonyl (C=O) groups is 1. The van der Waals surface area contributed by atoms with E-state index >= 15 is 0 Å². The Kier molecular flexibility index (Phi) is 2.11. The van der Waals surface area contributed by atoms with E-state index in [1.54, 1.807) is 0 Å². The maximum atomic E-state index is 11.7. The molecule has 3 nitrogen and oxygen atoms in total. The Morgan fingerprint density at radius 1 is 1.12 bits per heavy atom. The highest BCUT2D eigenvalue weighted by atomic mass is 16.5. The highest BCUT2D eigenvalue weighted by Crippen LogP contribution is 2.50. The van der Waals surface area contributed by atoms with Gasteiger partial charge in [-0.1, -0.05) is 24.3 Å². The molecule has 2 fully saturated rings. The van der Waals surface area contributed by atoms with E-state index in [1.807, 2.05) is 12.1 Å². The molecule has 17 heavy (non-hydrogen) atoms. The van der Waals surface area contributed by atoms with Crippen molar-refractivity contribution in [1.29, 1.82) is 0 Å². The van der Waals surface area contributed by atoms with Crippen LogP contribution < -0.4 is 5.73 Å². The molecule has 0 spiro atoms. The number of nitrogens with two attached hydrogens (primary N) is 1. The van der Waals surface area contributed by atoms with Gasteiger partial charge in [-0.15, -0.1) is 0 Å². The Labute approximate surface area is 101 Å². The number of esters is 1. The van der Waals surface area contributed by atoms with Crippen molar-refractivity contribution >= 4 is 5.97 Å². The Balaban J connectivity index is 1.88. The van der Waals surface area contributed by atoms with Crippen molar-refractivity contribution in [2.45, 2.75) is 36.6 Å². The fourth-order valence-electron chi connectivity index (χ4n) is 2.48. The zero-order chi connectivity index (χ0) is 12.1. The average molecular weight is 231 g/mol. The van der Waals surface area contributed by atoms with Gasteiger partial charge in [0.25, 0.3) is 0 Å². The van der Waals surface area contributed by atoms with Crippen LogP contribution in [0.25, 0.3) is 0 Å². The fraction of sp³-hybridized carbons (Fsp3) is 0.500. The molecule has 2 aliphatic carbocycles. The predicted molar refractivity (Wildman–Crippen MR) is 64.5 cm³/mol. The summed E-state index contributed by atoms with van der Waals surface area (Å²) >= 11 is 0. The topological polar surface area (TPSA) is 52.3 Å². The van der Waals surface area contributed by atoms with Crippen LogP contribution >= 0.6 is 0 Å². The van der Waals surface area contributed by atoms with Gasteiger partial charge in [-0.3, -0.25) is 4.79 Å². The van der Waals surface area contributed by atoms with Gasteiger partial charge < -0.3 is 10.5 Å². The first-order valence-corrected chi connectivity index (χ1v) is 6.09. The molecule has 2 saturated carbocycles. The van der Waals surface area contributed by atoms with Crippen LogP contribution in [-0.4, -0.2) is 13.1 Å². The average Bonchev–Trinajstić information content (AvgIpc) is 3.25. The Morgan fingerprint density at radius 2 is 1.65 bits per heavy atom. The fourth-order valence-corrected chi connectivity index (χ4v) is 2.48. The van der Waals surface area contributed by atoms with Gasteiger partial charge in [0.15, 0.2) is 0 Å². The largest absolute Gasteiger partial charge is 0.468 e. The van der Waals surface area contributed by atoms with Crippen LogP contribution in [-0.2, 0) is 20.5 Å². The molecule has 0 aromatic heterocycles. The van der Waals surface area contributed by atoms with Crippen molar-refractivity contribution in [2.24, 2.45) is 5.73 Å². The molecular formula is C14H17NO2. The molecule has 0 heterocycles. The van der Waals surface area contributed by atoms with E-state index in [9.17, 15) is 4.79 Å². The Morgan fingerprint density at radius 3 is 2.06 bits per heavy atom. The third kappa shape index (κ3) is 1.57. The van der Waals surface area contributed by atoms with Crippen molar-refractivity contribution in [3.63, 3.8) is 0 Å². The van der Waals surface area contributed by atoms with Crippen LogP contribution in [0.5, 0.6) is 0 Å². The summed E-state index contributed by atoms with van der Waals surface area (Å²) < 4.78 is 4.88. The van der Waals surface area contributed by atoms with Gasteiger partial charge in [-0.05, 0) is 36.8 Å². The third-order valence-corrected chi connectivity index (χ3v) is 4.13. The number of methoxy groups -OCH3 is 1. The molecule has 90 valence electrons. The monoisotopic (exact) mass is 231 g/mol. The molecule has 3 rings (SSSR count). The van der Waals surface area contributed by atoms with Crippen LogP contribution in [0.4, 0.5) is 0 Å². The zero-order valence-corrected chi connectivity index (χ0v) is 10.0. The van der Waals surface area contributed by atoms with Crippen LogP contribution in [0, 0.1) is 0 Å². The molecule has 2 aliphatic rings. The minimum absolute atomic E-state index is 0.0967. The number of hydrogen-bond donors (Lipinski definition) is 1. The molecular weight excluding hydrogens is 214 g/mol. The normalized spacial score (nSPS) is 22.9. The second kappa shape index (κ2) is 3.33. The third-order valence-electron chi connectivity index (χ3n) is 4.13. The zero-order valence-electron chi connectivity index (χ0n) is 10.0. The first-order valence-electron chi connectivity index (χ1n) is 6.09.